The van der Waals surface area contributed by atoms with Crippen LogP contribution in [0.3, 0.4) is 0 Å². The van der Waals surface area contributed by atoms with E-state index in [-0.39, 0.29) is 11.1 Å². The number of aromatic nitrogens is 2. The van der Waals surface area contributed by atoms with Crippen LogP contribution in [0.25, 0.3) is 11.3 Å². The van der Waals surface area contributed by atoms with Gasteiger partial charge in [-0.1, -0.05) is 55.9 Å². The third-order valence-electron chi connectivity index (χ3n) is 3.78. The first-order valence-electron chi connectivity index (χ1n) is 9.00. The van der Waals surface area contributed by atoms with E-state index in [9.17, 15) is 22.8 Å². The second kappa shape index (κ2) is 9.82. The molecule has 0 saturated heterocycles. The number of imide groups is 1. The van der Waals surface area contributed by atoms with E-state index in [0.29, 0.717) is 17.8 Å². The zero-order valence-electron chi connectivity index (χ0n) is 16.3. The molecule has 10 heteroatoms. The number of carbonyl (C=O) groups excluding carboxylic acids is 2. The smallest absolute Gasteiger partial charge is 0.338 e. The molecule has 0 saturated carbocycles. The fraction of sp³-hybridized carbons (Fsp3) is 0.421. The molecule has 0 aliphatic rings. The number of nitrogens with one attached hydrogen (secondary N) is 2. The van der Waals surface area contributed by atoms with Crippen LogP contribution in [-0.2, 0) is 11.3 Å². The summed E-state index contributed by atoms with van der Waals surface area (Å²) in [5.41, 5.74) is 0.883. The summed E-state index contributed by atoms with van der Waals surface area (Å²) in [7, 11) is 0. The van der Waals surface area contributed by atoms with Crippen molar-refractivity contribution in [2.24, 2.45) is 5.92 Å². The lowest BCUT2D eigenvalue weighted by atomic mass is 10.2. The Labute approximate surface area is 171 Å². The van der Waals surface area contributed by atoms with Gasteiger partial charge in [-0.05, 0) is 18.4 Å². The van der Waals surface area contributed by atoms with Gasteiger partial charge in [0.25, 0.3) is 0 Å². The van der Waals surface area contributed by atoms with Crippen LogP contribution in [0.1, 0.15) is 20.8 Å². The van der Waals surface area contributed by atoms with E-state index < -0.39 is 29.9 Å². The van der Waals surface area contributed by atoms with E-state index in [1.54, 1.807) is 30.3 Å². The minimum absolute atomic E-state index is 0.0476. The van der Waals surface area contributed by atoms with Crippen molar-refractivity contribution in [2.45, 2.75) is 43.9 Å². The fourth-order valence-corrected chi connectivity index (χ4v) is 3.28. The molecule has 0 aliphatic heterocycles. The van der Waals surface area contributed by atoms with Crippen molar-refractivity contribution in [3.63, 3.8) is 0 Å². The SMILES string of the molecule is CC(C)CNC(=O)NC(=O)C(C)Sc1ncc(-c2ccccc2)n1CC(F)(F)F. The maximum atomic E-state index is 13.1. The fourth-order valence-electron chi connectivity index (χ4n) is 2.39. The van der Waals surface area contributed by atoms with E-state index >= 15 is 0 Å². The first-order chi connectivity index (χ1) is 13.6. The van der Waals surface area contributed by atoms with Crippen LogP contribution >= 0.6 is 11.8 Å². The van der Waals surface area contributed by atoms with Gasteiger partial charge in [0, 0.05) is 6.54 Å². The van der Waals surface area contributed by atoms with Crippen LogP contribution in [0, 0.1) is 5.92 Å². The van der Waals surface area contributed by atoms with Gasteiger partial charge in [0.2, 0.25) is 5.91 Å². The van der Waals surface area contributed by atoms with Gasteiger partial charge in [-0.2, -0.15) is 13.2 Å². The summed E-state index contributed by atoms with van der Waals surface area (Å²) >= 11 is 0.861. The normalized spacial score (nSPS) is 12.7. The van der Waals surface area contributed by atoms with Gasteiger partial charge in [-0.25, -0.2) is 9.78 Å². The molecule has 0 bridgehead atoms. The lowest BCUT2D eigenvalue weighted by Crippen LogP contribution is -2.43. The Bertz CT molecular complexity index is 838. The summed E-state index contributed by atoms with van der Waals surface area (Å²) in [4.78, 5) is 28.0. The van der Waals surface area contributed by atoms with Crippen molar-refractivity contribution in [1.29, 1.82) is 0 Å². The number of urea groups is 1. The van der Waals surface area contributed by atoms with Crippen LogP contribution < -0.4 is 10.6 Å². The van der Waals surface area contributed by atoms with E-state index in [1.165, 1.54) is 13.1 Å². The number of amides is 3. The molecule has 1 aromatic heterocycles. The van der Waals surface area contributed by atoms with Crippen molar-refractivity contribution in [1.82, 2.24) is 20.2 Å². The Morgan fingerprint density at radius 2 is 1.83 bits per heavy atom. The molecule has 1 aromatic carbocycles. The van der Waals surface area contributed by atoms with Crippen molar-refractivity contribution < 1.29 is 22.8 Å². The second-order valence-electron chi connectivity index (χ2n) is 6.85. The zero-order chi connectivity index (χ0) is 21.6. The molecule has 2 aromatic rings. The molecule has 1 atom stereocenters. The molecule has 0 aliphatic carbocycles. The number of nitrogens with zero attached hydrogens (tertiary/aromatic N) is 2. The molecule has 3 amide bonds. The van der Waals surface area contributed by atoms with Gasteiger partial charge < -0.3 is 9.88 Å². The number of imidazole rings is 1. The number of halogens is 3. The highest BCUT2D eigenvalue weighted by atomic mass is 32.2. The van der Waals surface area contributed by atoms with E-state index in [4.69, 9.17) is 0 Å². The first-order valence-corrected chi connectivity index (χ1v) is 9.88. The topological polar surface area (TPSA) is 76.0 Å². The number of alkyl halides is 3. The maximum Gasteiger partial charge on any atom is 0.406 e. The highest BCUT2D eigenvalue weighted by Gasteiger charge is 2.31. The predicted molar refractivity (Wildman–Crippen MR) is 105 cm³/mol. The molecule has 0 fully saturated rings. The zero-order valence-corrected chi connectivity index (χ0v) is 17.1. The third-order valence-corrected chi connectivity index (χ3v) is 4.89. The molecule has 2 N–H and O–H groups in total. The Hall–Kier alpha value is -2.49. The molecular formula is C19H23F3N4O2S. The number of hydrogen-bond donors (Lipinski definition) is 2. The Morgan fingerprint density at radius 3 is 2.41 bits per heavy atom. The predicted octanol–water partition coefficient (Wildman–Crippen LogP) is 4.07. The van der Waals surface area contributed by atoms with Gasteiger partial charge in [0.05, 0.1) is 17.1 Å². The van der Waals surface area contributed by atoms with Crippen LogP contribution in [0.4, 0.5) is 18.0 Å². The second-order valence-corrected chi connectivity index (χ2v) is 8.15. The summed E-state index contributed by atoms with van der Waals surface area (Å²) in [6.45, 7) is 4.49. The van der Waals surface area contributed by atoms with Crippen LogP contribution in [0.15, 0.2) is 41.7 Å². The molecule has 158 valence electrons. The maximum absolute atomic E-state index is 13.1. The van der Waals surface area contributed by atoms with Gasteiger partial charge in [0.1, 0.15) is 6.54 Å². The summed E-state index contributed by atoms with van der Waals surface area (Å²) in [6.07, 6.45) is -3.11. The van der Waals surface area contributed by atoms with Crippen molar-refractivity contribution in [3.05, 3.63) is 36.5 Å². The number of benzene rings is 1. The van der Waals surface area contributed by atoms with Crippen molar-refractivity contribution in [2.75, 3.05) is 6.54 Å². The molecule has 1 heterocycles. The highest BCUT2D eigenvalue weighted by Crippen LogP contribution is 2.31. The summed E-state index contributed by atoms with van der Waals surface area (Å²) in [6, 6.07) is 7.94. The minimum atomic E-state index is -4.46. The Balaban J connectivity index is 2.16. The van der Waals surface area contributed by atoms with Crippen LogP contribution in [0.2, 0.25) is 0 Å². The summed E-state index contributed by atoms with van der Waals surface area (Å²) < 4.78 is 40.4. The Kier molecular flexibility index (Phi) is 7.72. The molecule has 2 rings (SSSR count). The standard InChI is InChI=1S/C19H23F3N4O2S/c1-12(2)9-23-17(28)25-16(27)13(3)29-18-24-10-15(14-7-5-4-6-8-14)26(18)11-19(20,21)22/h4-8,10,12-13H,9,11H2,1-3H3,(H2,23,25,27,28). The van der Waals surface area contributed by atoms with E-state index in [1.807, 2.05) is 13.8 Å². The van der Waals surface area contributed by atoms with E-state index in [2.05, 4.69) is 15.6 Å². The number of rotatable bonds is 7. The minimum Gasteiger partial charge on any atom is -0.338 e. The average molecular weight is 428 g/mol. The van der Waals surface area contributed by atoms with Gasteiger partial charge in [-0.3, -0.25) is 10.1 Å². The summed E-state index contributed by atoms with van der Waals surface area (Å²) in [5.74, 6) is -0.395. The Morgan fingerprint density at radius 1 is 1.17 bits per heavy atom. The molecule has 6 nitrogen and oxygen atoms in total. The van der Waals surface area contributed by atoms with E-state index in [0.717, 1.165) is 16.3 Å². The molecule has 0 spiro atoms. The first kappa shape index (κ1) is 22.8. The monoisotopic (exact) mass is 428 g/mol. The summed E-state index contributed by atoms with van der Waals surface area (Å²) in [5, 5.41) is 3.97. The quantitative estimate of drug-likeness (QED) is 0.652. The largest absolute Gasteiger partial charge is 0.406 e. The average Bonchev–Trinajstić information content (AvgIpc) is 3.01. The van der Waals surface area contributed by atoms with Gasteiger partial charge in [0.15, 0.2) is 5.16 Å². The number of thioether (sulfide) groups is 1. The van der Waals surface area contributed by atoms with Crippen LogP contribution in [-0.4, -0.2) is 39.5 Å². The lowest BCUT2D eigenvalue weighted by Gasteiger charge is -2.16. The van der Waals surface area contributed by atoms with Crippen molar-refractivity contribution in [3.8, 4) is 11.3 Å². The molecule has 0 radical (unpaired) electrons. The molecular weight excluding hydrogens is 405 g/mol. The molecule has 29 heavy (non-hydrogen) atoms. The van der Waals surface area contributed by atoms with Gasteiger partial charge >= 0.3 is 12.2 Å². The van der Waals surface area contributed by atoms with Gasteiger partial charge in [-0.15, -0.1) is 0 Å². The van der Waals surface area contributed by atoms with Crippen LogP contribution in [0.5, 0.6) is 0 Å². The number of hydrogen-bond acceptors (Lipinski definition) is 4. The van der Waals surface area contributed by atoms with Crippen molar-refractivity contribution >= 4 is 23.7 Å². The lowest BCUT2D eigenvalue weighted by molar-refractivity contribution is -0.141. The third kappa shape index (κ3) is 7.12. The highest BCUT2D eigenvalue weighted by molar-refractivity contribution is 8.00. The molecule has 1 unspecified atom stereocenters. The number of carbonyl (C=O) groups is 2.